The summed E-state index contributed by atoms with van der Waals surface area (Å²) in [5.41, 5.74) is -0.699. The fourth-order valence-corrected chi connectivity index (χ4v) is 3.63. The summed E-state index contributed by atoms with van der Waals surface area (Å²) in [6.07, 6.45) is 3.80. The Labute approximate surface area is 142 Å². The summed E-state index contributed by atoms with van der Waals surface area (Å²) in [5, 5.41) is 2.95. The van der Waals surface area contributed by atoms with Crippen LogP contribution in [0.15, 0.2) is 24.3 Å². The topological polar surface area (TPSA) is 67.9 Å². The number of carbonyl (C=O) groups excluding carboxylic acids is 2. The molecule has 0 unspecified atom stereocenters. The number of hydrogen-bond acceptors (Lipinski definition) is 4. The Hall–Kier alpha value is -2.24. The highest BCUT2D eigenvalue weighted by atomic mass is 16.5. The van der Waals surface area contributed by atoms with E-state index in [4.69, 9.17) is 9.47 Å². The third-order valence-corrected chi connectivity index (χ3v) is 5.14. The number of benzene rings is 1. The first-order valence-corrected chi connectivity index (χ1v) is 8.48. The van der Waals surface area contributed by atoms with Crippen LogP contribution in [-0.2, 0) is 4.79 Å². The molecule has 24 heavy (non-hydrogen) atoms. The quantitative estimate of drug-likeness (QED) is 0.842. The number of hydrogen-bond donors (Lipinski definition) is 1. The SMILES string of the molecule is COc1ccc(OCCN2C(=O)N[C@@]3(CCCC[C@@H]3C)C2=O)cc1. The van der Waals surface area contributed by atoms with Crippen molar-refractivity contribution in [2.75, 3.05) is 20.3 Å². The van der Waals surface area contributed by atoms with E-state index < -0.39 is 5.54 Å². The molecule has 1 aromatic carbocycles. The van der Waals surface area contributed by atoms with Crippen LogP contribution in [0.5, 0.6) is 11.5 Å². The van der Waals surface area contributed by atoms with E-state index in [9.17, 15) is 9.59 Å². The number of nitrogens with zero attached hydrogens (tertiary/aromatic N) is 1. The van der Waals surface area contributed by atoms with Gasteiger partial charge in [0, 0.05) is 0 Å². The Morgan fingerprint density at radius 1 is 1.21 bits per heavy atom. The number of carbonyl (C=O) groups is 2. The van der Waals surface area contributed by atoms with E-state index in [1.807, 2.05) is 12.1 Å². The van der Waals surface area contributed by atoms with Crippen LogP contribution in [-0.4, -0.2) is 42.6 Å². The van der Waals surface area contributed by atoms with Crippen LogP contribution in [0.25, 0.3) is 0 Å². The van der Waals surface area contributed by atoms with E-state index >= 15 is 0 Å². The third-order valence-electron chi connectivity index (χ3n) is 5.14. The van der Waals surface area contributed by atoms with E-state index in [-0.39, 0.29) is 31.0 Å². The van der Waals surface area contributed by atoms with Gasteiger partial charge in [-0.2, -0.15) is 0 Å². The Balaban J connectivity index is 1.58. The molecule has 1 saturated heterocycles. The van der Waals surface area contributed by atoms with E-state index in [0.29, 0.717) is 5.75 Å². The molecule has 1 spiro atoms. The highest BCUT2D eigenvalue weighted by Crippen LogP contribution is 2.38. The van der Waals surface area contributed by atoms with Gasteiger partial charge in [-0.05, 0) is 43.0 Å². The second-order valence-electron chi connectivity index (χ2n) is 6.53. The molecule has 0 aromatic heterocycles. The van der Waals surface area contributed by atoms with Gasteiger partial charge in [-0.25, -0.2) is 4.79 Å². The lowest BCUT2D eigenvalue weighted by molar-refractivity contribution is -0.134. The second kappa shape index (κ2) is 6.71. The van der Waals surface area contributed by atoms with E-state index in [0.717, 1.165) is 31.4 Å². The standard InChI is InChI=1S/C18H24N2O4/c1-13-5-3-4-10-18(13)16(21)20(17(22)19-18)11-12-24-15-8-6-14(23-2)7-9-15/h6-9,13H,3-5,10-12H2,1-2H3,(H,19,22)/t13-,18+/m0/s1. The average molecular weight is 332 g/mol. The first-order chi connectivity index (χ1) is 11.6. The van der Waals surface area contributed by atoms with Gasteiger partial charge in [-0.15, -0.1) is 0 Å². The van der Waals surface area contributed by atoms with Gasteiger partial charge in [-0.1, -0.05) is 19.8 Å². The Morgan fingerprint density at radius 2 is 1.92 bits per heavy atom. The van der Waals surface area contributed by atoms with Gasteiger partial charge in [0.1, 0.15) is 23.6 Å². The summed E-state index contributed by atoms with van der Waals surface area (Å²) in [7, 11) is 1.61. The molecule has 1 aliphatic heterocycles. The molecule has 0 bridgehead atoms. The van der Waals surface area contributed by atoms with Crippen LogP contribution < -0.4 is 14.8 Å². The first-order valence-electron chi connectivity index (χ1n) is 8.48. The molecule has 2 atom stereocenters. The smallest absolute Gasteiger partial charge is 0.325 e. The summed E-state index contributed by atoms with van der Waals surface area (Å²) in [5.74, 6) is 1.52. The minimum Gasteiger partial charge on any atom is -0.497 e. The molecule has 2 fully saturated rings. The zero-order valence-corrected chi connectivity index (χ0v) is 14.2. The zero-order chi connectivity index (χ0) is 17.2. The minimum absolute atomic E-state index is 0.0990. The molecule has 1 heterocycles. The molecule has 1 aliphatic carbocycles. The van der Waals surface area contributed by atoms with E-state index in [1.54, 1.807) is 19.2 Å². The molecule has 2 aliphatic rings. The lowest BCUT2D eigenvalue weighted by atomic mass is 9.73. The molecule has 6 nitrogen and oxygen atoms in total. The van der Waals surface area contributed by atoms with Crippen LogP contribution in [0.2, 0.25) is 0 Å². The lowest BCUT2D eigenvalue weighted by Gasteiger charge is -2.36. The van der Waals surface area contributed by atoms with Crippen molar-refractivity contribution >= 4 is 11.9 Å². The number of nitrogens with one attached hydrogen (secondary N) is 1. The lowest BCUT2D eigenvalue weighted by Crippen LogP contribution is -2.54. The molecule has 0 radical (unpaired) electrons. The van der Waals surface area contributed by atoms with Crippen molar-refractivity contribution in [2.45, 2.75) is 38.1 Å². The van der Waals surface area contributed by atoms with E-state index in [1.165, 1.54) is 4.90 Å². The van der Waals surface area contributed by atoms with Crippen LogP contribution in [0, 0.1) is 5.92 Å². The maximum Gasteiger partial charge on any atom is 0.325 e. The van der Waals surface area contributed by atoms with Crippen LogP contribution in [0.3, 0.4) is 0 Å². The number of urea groups is 1. The Kier molecular flexibility index (Phi) is 4.64. The van der Waals surface area contributed by atoms with Crippen molar-refractivity contribution in [3.05, 3.63) is 24.3 Å². The first kappa shape index (κ1) is 16.6. The second-order valence-corrected chi connectivity index (χ2v) is 6.53. The van der Waals surface area contributed by atoms with Gasteiger partial charge in [-0.3, -0.25) is 9.69 Å². The van der Waals surface area contributed by atoms with Crippen molar-refractivity contribution in [3.8, 4) is 11.5 Å². The van der Waals surface area contributed by atoms with Gasteiger partial charge in [0.25, 0.3) is 5.91 Å². The van der Waals surface area contributed by atoms with Gasteiger partial charge < -0.3 is 14.8 Å². The molecule has 1 saturated carbocycles. The van der Waals surface area contributed by atoms with Crippen LogP contribution >= 0.6 is 0 Å². The van der Waals surface area contributed by atoms with Crippen molar-refractivity contribution in [1.29, 1.82) is 0 Å². The van der Waals surface area contributed by atoms with Gasteiger partial charge in [0.15, 0.2) is 0 Å². The predicted molar refractivity (Wildman–Crippen MR) is 89.1 cm³/mol. The number of ether oxygens (including phenoxy) is 2. The third kappa shape index (κ3) is 2.92. The predicted octanol–water partition coefficient (Wildman–Crippen LogP) is 2.57. The fourth-order valence-electron chi connectivity index (χ4n) is 3.63. The van der Waals surface area contributed by atoms with Crippen molar-refractivity contribution in [3.63, 3.8) is 0 Å². The minimum atomic E-state index is -0.699. The normalized spacial score (nSPS) is 26.6. The van der Waals surface area contributed by atoms with E-state index in [2.05, 4.69) is 12.2 Å². The van der Waals surface area contributed by atoms with Crippen molar-refractivity contribution < 1.29 is 19.1 Å². The Morgan fingerprint density at radius 3 is 2.58 bits per heavy atom. The maximum absolute atomic E-state index is 12.8. The molecule has 1 N–H and O–H groups in total. The molecule has 130 valence electrons. The highest BCUT2D eigenvalue weighted by Gasteiger charge is 2.54. The van der Waals surface area contributed by atoms with Crippen molar-refractivity contribution in [2.24, 2.45) is 5.92 Å². The van der Waals surface area contributed by atoms with Crippen LogP contribution in [0.4, 0.5) is 4.79 Å². The fraction of sp³-hybridized carbons (Fsp3) is 0.556. The summed E-state index contributed by atoms with van der Waals surface area (Å²) in [4.78, 5) is 26.3. The summed E-state index contributed by atoms with van der Waals surface area (Å²) in [6.45, 7) is 2.58. The van der Waals surface area contributed by atoms with Crippen LogP contribution in [0.1, 0.15) is 32.6 Å². The maximum atomic E-state index is 12.8. The number of amides is 3. The van der Waals surface area contributed by atoms with Gasteiger partial charge in [0.2, 0.25) is 0 Å². The monoisotopic (exact) mass is 332 g/mol. The average Bonchev–Trinajstić information content (AvgIpc) is 2.83. The molecule has 1 aromatic rings. The highest BCUT2D eigenvalue weighted by molar-refractivity contribution is 6.07. The molecular weight excluding hydrogens is 308 g/mol. The molecule has 3 rings (SSSR count). The largest absolute Gasteiger partial charge is 0.497 e. The molecule has 6 heteroatoms. The number of rotatable bonds is 5. The van der Waals surface area contributed by atoms with Gasteiger partial charge in [0.05, 0.1) is 13.7 Å². The summed E-state index contributed by atoms with van der Waals surface area (Å²) in [6, 6.07) is 6.92. The number of methoxy groups -OCH3 is 1. The van der Waals surface area contributed by atoms with Gasteiger partial charge >= 0.3 is 6.03 Å². The van der Waals surface area contributed by atoms with Crippen molar-refractivity contribution in [1.82, 2.24) is 10.2 Å². The zero-order valence-electron chi connectivity index (χ0n) is 14.2. The number of imide groups is 1. The molecule has 3 amide bonds. The Bertz CT molecular complexity index is 616. The molecular formula is C18H24N2O4. The summed E-state index contributed by atoms with van der Waals surface area (Å²) < 4.78 is 10.7. The summed E-state index contributed by atoms with van der Waals surface area (Å²) >= 11 is 0.